The SMILES string of the molecule is COCCC#CC(C)O. The summed E-state index contributed by atoms with van der Waals surface area (Å²) in [6.45, 7) is 2.28. The van der Waals surface area contributed by atoms with Crippen molar-refractivity contribution in [2.24, 2.45) is 0 Å². The van der Waals surface area contributed by atoms with E-state index in [4.69, 9.17) is 9.84 Å². The molecule has 0 heterocycles. The summed E-state index contributed by atoms with van der Waals surface area (Å²) in [6, 6.07) is 0. The second-order valence-corrected chi connectivity index (χ2v) is 1.74. The van der Waals surface area contributed by atoms with Crippen LogP contribution in [0.25, 0.3) is 0 Å². The molecule has 1 atom stereocenters. The second-order valence-electron chi connectivity index (χ2n) is 1.74. The van der Waals surface area contributed by atoms with Crippen molar-refractivity contribution >= 4 is 0 Å². The van der Waals surface area contributed by atoms with Crippen LogP contribution in [0, 0.1) is 11.8 Å². The summed E-state index contributed by atoms with van der Waals surface area (Å²) in [7, 11) is 1.63. The number of aliphatic hydroxyl groups excluding tert-OH is 1. The third-order valence-corrected chi connectivity index (χ3v) is 0.742. The number of methoxy groups -OCH3 is 1. The molecule has 0 rings (SSSR count). The summed E-state index contributed by atoms with van der Waals surface area (Å²) in [6.07, 6.45) is 0.184. The Morgan fingerprint density at radius 3 is 2.78 bits per heavy atom. The van der Waals surface area contributed by atoms with Crippen LogP contribution in [0.3, 0.4) is 0 Å². The molecular weight excluding hydrogens is 116 g/mol. The van der Waals surface area contributed by atoms with Crippen LogP contribution in [-0.4, -0.2) is 24.9 Å². The van der Waals surface area contributed by atoms with Crippen molar-refractivity contribution in [3.63, 3.8) is 0 Å². The zero-order valence-electron chi connectivity index (χ0n) is 5.85. The summed E-state index contributed by atoms with van der Waals surface area (Å²) in [5, 5.41) is 8.64. The van der Waals surface area contributed by atoms with Gasteiger partial charge in [-0.15, -0.1) is 0 Å². The molecule has 2 nitrogen and oxygen atoms in total. The molecule has 2 heteroatoms. The van der Waals surface area contributed by atoms with Crippen LogP contribution in [0.5, 0.6) is 0 Å². The average molecular weight is 128 g/mol. The lowest BCUT2D eigenvalue weighted by molar-refractivity contribution is 0.205. The van der Waals surface area contributed by atoms with Crippen molar-refractivity contribution in [3.05, 3.63) is 0 Å². The van der Waals surface area contributed by atoms with E-state index in [0.717, 1.165) is 0 Å². The molecule has 0 aromatic carbocycles. The van der Waals surface area contributed by atoms with Gasteiger partial charge in [0, 0.05) is 13.5 Å². The van der Waals surface area contributed by atoms with Crippen molar-refractivity contribution in [1.29, 1.82) is 0 Å². The average Bonchev–Trinajstić information content (AvgIpc) is 1.80. The van der Waals surface area contributed by atoms with Crippen LogP contribution in [-0.2, 0) is 4.74 Å². The Hall–Kier alpha value is -0.520. The number of hydrogen-bond acceptors (Lipinski definition) is 2. The first-order valence-electron chi connectivity index (χ1n) is 2.92. The second kappa shape index (κ2) is 5.61. The van der Waals surface area contributed by atoms with Crippen LogP contribution in [0.15, 0.2) is 0 Å². The number of hydrogen-bond donors (Lipinski definition) is 1. The van der Waals surface area contributed by atoms with Crippen molar-refractivity contribution in [1.82, 2.24) is 0 Å². The summed E-state index contributed by atoms with van der Waals surface area (Å²) in [5.74, 6) is 5.37. The molecule has 1 N–H and O–H groups in total. The van der Waals surface area contributed by atoms with E-state index in [-0.39, 0.29) is 0 Å². The van der Waals surface area contributed by atoms with E-state index in [1.165, 1.54) is 0 Å². The highest BCUT2D eigenvalue weighted by molar-refractivity contribution is 5.02. The molecule has 0 amide bonds. The quantitative estimate of drug-likeness (QED) is 0.431. The van der Waals surface area contributed by atoms with Gasteiger partial charge < -0.3 is 9.84 Å². The van der Waals surface area contributed by atoms with Crippen LogP contribution in [0.2, 0.25) is 0 Å². The van der Waals surface area contributed by atoms with Gasteiger partial charge in [-0.3, -0.25) is 0 Å². The standard InChI is InChI=1S/C7H12O2/c1-7(8)5-3-4-6-9-2/h7-8H,4,6H2,1-2H3. The van der Waals surface area contributed by atoms with Gasteiger partial charge in [-0.25, -0.2) is 0 Å². The Labute approximate surface area is 55.8 Å². The van der Waals surface area contributed by atoms with Gasteiger partial charge in [0.05, 0.1) is 6.61 Å². The highest BCUT2D eigenvalue weighted by Gasteiger charge is 1.81. The summed E-state index contributed by atoms with van der Waals surface area (Å²) in [4.78, 5) is 0. The third-order valence-electron chi connectivity index (χ3n) is 0.742. The van der Waals surface area contributed by atoms with E-state index < -0.39 is 6.10 Å². The lowest BCUT2D eigenvalue weighted by Crippen LogP contribution is -1.93. The Morgan fingerprint density at radius 1 is 1.67 bits per heavy atom. The zero-order valence-corrected chi connectivity index (χ0v) is 5.85. The molecule has 0 aromatic heterocycles. The highest BCUT2D eigenvalue weighted by Crippen LogP contribution is 1.78. The monoisotopic (exact) mass is 128 g/mol. The van der Waals surface area contributed by atoms with Crippen LogP contribution in [0.4, 0.5) is 0 Å². The van der Waals surface area contributed by atoms with Gasteiger partial charge in [0.1, 0.15) is 6.10 Å². The van der Waals surface area contributed by atoms with Crippen molar-refractivity contribution in [3.8, 4) is 11.8 Å². The topological polar surface area (TPSA) is 29.5 Å². The number of ether oxygens (including phenoxy) is 1. The predicted octanol–water partition coefficient (Wildman–Crippen LogP) is 0.407. The largest absolute Gasteiger partial charge is 0.384 e. The zero-order chi connectivity index (χ0) is 7.11. The van der Waals surface area contributed by atoms with Gasteiger partial charge in [0.25, 0.3) is 0 Å². The number of aliphatic hydroxyl groups is 1. The first-order chi connectivity index (χ1) is 4.27. The Balaban J connectivity index is 3.16. The lowest BCUT2D eigenvalue weighted by Gasteiger charge is -1.89. The molecule has 0 aliphatic rings. The van der Waals surface area contributed by atoms with Gasteiger partial charge >= 0.3 is 0 Å². The van der Waals surface area contributed by atoms with E-state index in [2.05, 4.69) is 11.8 Å². The number of rotatable bonds is 2. The molecular formula is C7H12O2. The third kappa shape index (κ3) is 7.48. The fraction of sp³-hybridized carbons (Fsp3) is 0.714. The molecule has 0 fully saturated rings. The van der Waals surface area contributed by atoms with Crippen LogP contribution in [0.1, 0.15) is 13.3 Å². The van der Waals surface area contributed by atoms with Crippen LogP contribution < -0.4 is 0 Å². The smallest absolute Gasteiger partial charge is 0.111 e. The van der Waals surface area contributed by atoms with Gasteiger partial charge in [0.15, 0.2) is 0 Å². The predicted molar refractivity (Wildman–Crippen MR) is 35.9 cm³/mol. The normalized spacial score (nSPS) is 11.9. The summed E-state index contributed by atoms with van der Waals surface area (Å²) < 4.78 is 4.74. The molecule has 0 bridgehead atoms. The molecule has 0 aromatic rings. The molecule has 0 aliphatic carbocycles. The maximum atomic E-state index is 8.64. The fourth-order valence-corrected chi connectivity index (χ4v) is 0.373. The first kappa shape index (κ1) is 8.48. The molecule has 9 heavy (non-hydrogen) atoms. The summed E-state index contributed by atoms with van der Waals surface area (Å²) >= 11 is 0. The van der Waals surface area contributed by atoms with E-state index in [1.54, 1.807) is 14.0 Å². The molecule has 0 radical (unpaired) electrons. The maximum absolute atomic E-state index is 8.64. The maximum Gasteiger partial charge on any atom is 0.111 e. The van der Waals surface area contributed by atoms with Gasteiger partial charge in [0.2, 0.25) is 0 Å². The lowest BCUT2D eigenvalue weighted by atomic mass is 10.4. The Kier molecular flexibility index (Phi) is 5.29. The van der Waals surface area contributed by atoms with Crippen molar-refractivity contribution in [2.75, 3.05) is 13.7 Å². The van der Waals surface area contributed by atoms with E-state index >= 15 is 0 Å². The molecule has 1 unspecified atom stereocenters. The molecule has 52 valence electrons. The molecule has 0 spiro atoms. The van der Waals surface area contributed by atoms with Crippen molar-refractivity contribution < 1.29 is 9.84 Å². The summed E-state index contributed by atoms with van der Waals surface area (Å²) in [5.41, 5.74) is 0. The minimum Gasteiger partial charge on any atom is -0.384 e. The van der Waals surface area contributed by atoms with E-state index in [1.807, 2.05) is 0 Å². The minimum absolute atomic E-state index is 0.512. The van der Waals surface area contributed by atoms with Gasteiger partial charge in [-0.1, -0.05) is 11.8 Å². The minimum atomic E-state index is -0.512. The fourth-order valence-electron chi connectivity index (χ4n) is 0.373. The van der Waals surface area contributed by atoms with Crippen LogP contribution >= 0.6 is 0 Å². The first-order valence-corrected chi connectivity index (χ1v) is 2.92. The highest BCUT2D eigenvalue weighted by atomic mass is 16.5. The Morgan fingerprint density at radius 2 is 2.33 bits per heavy atom. The van der Waals surface area contributed by atoms with E-state index in [9.17, 15) is 0 Å². The molecule has 0 saturated heterocycles. The van der Waals surface area contributed by atoms with Crippen molar-refractivity contribution in [2.45, 2.75) is 19.4 Å². The van der Waals surface area contributed by atoms with E-state index in [0.29, 0.717) is 13.0 Å². The molecule has 0 saturated carbocycles. The molecule has 0 aliphatic heterocycles. The Bertz CT molecular complexity index is 108. The van der Waals surface area contributed by atoms with Gasteiger partial charge in [-0.2, -0.15) is 0 Å². The van der Waals surface area contributed by atoms with Gasteiger partial charge in [-0.05, 0) is 6.92 Å².